The first kappa shape index (κ1) is 19.2. The van der Waals surface area contributed by atoms with E-state index in [1.54, 1.807) is 0 Å². The lowest BCUT2D eigenvalue weighted by Gasteiger charge is -2.34. The van der Waals surface area contributed by atoms with Crippen LogP contribution in [0, 0.1) is 0 Å². The van der Waals surface area contributed by atoms with E-state index in [4.69, 9.17) is 4.52 Å². The third kappa shape index (κ3) is 5.18. The van der Waals surface area contributed by atoms with Crippen LogP contribution in [-0.4, -0.2) is 46.6 Å². The molecule has 1 amide bonds. The lowest BCUT2D eigenvalue weighted by molar-refractivity contribution is -0.134. The van der Waals surface area contributed by atoms with E-state index in [0.717, 1.165) is 51.1 Å². The first-order valence-corrected chi connectivity index (χ1v) is 9.10. The van der Waals surface area contributed by atoms with Gasteiger partial charge in [0.15, 0.2) is 5.82 Å². The Bertz CT molecular complexity index is 512. The summed E-state index contributed by atoms with van der Waals surface area (Å²) in [5, 5.41) is 7.39. The number of carbonyl (C=O) groups excluding carboxylic acids is 1. The first-order valence-electron chi connectivity index (χ1n) is 9.10. The number of nitrogens with one attached hydrogen (secondary N) is 1. The maximum atomic E-state index is 12.6. The van der Waals surface area contributed by atoms with Crippen molar-refractivity contribution < 1.29 is 9.32 Å². The smallest absolute Gasteiger partial charge is 0.226 e. The maximum absolute atomic E-state index is 12.6. The summed E-state index contributed by atoms with van der Waals surface area (Å²) in [6.07, 6.45) is 7.59. The zero-order valence-electron chi connectivity index (χ0n) is 14.5. The normalized spacial score (nSPS) is 18.2. The fourth-order valence-electron chi connectivity index (χ4n) is 3.28. The van der Waals surface area contributed by atoms with Crippen LogP contribution < -0.4 is 5.32 Å². The summed E-state index contributed by atoms with van der Waals surface area (Å²) >= 11 is 0. The number of aryl methyl sites for hydroxylation is 1. The van der Waals surface area contributed by atoms with Crippen molar-refractivity contribution in [1.82, 2.24) is 20.4 Å². The van der Waals surface area contributed by atoms with Gasteiger partial charge in [-0.3, -0.25) is 4.79 Å². The predicted octanol–water partition coefficient (Wildman–Crippen LogP) is 2.68. The number of halogens is 1. The van der Waals surface area contributed by atoms with Crippen LogP contribution in [0.15, 0.2) is 4.52 Å². The minimum Gasteiger partial charge on any atom is -0.340 e. The first-order chi connectivity index (χ1) is 11.3. The van der Waals surface area contributed by atoms with E-state index < -0.39 is 0 Å². The highest BCUT2D eigenvalue weighted by atomic mass is 35.5. The summed E-state index contributed by atoms with van der Waals surface area (Å²) in [6, 6.07) is 0.411. The molecule has 1 saturated carbocycles. The molecule has 1 aliphatic heterocycles. The van der Waals surface area contributed by atoms with Gasteiger partial charge in [-0.15, -0.1) is 12.4 Å². The van der Waals surface area contributed by atoms with Gasteiger partial charge >= 0.3 is 0 Å². The topological polar surface area (TPSA) is 71.3 Å². The highest BCUT2D eigenvalue weighted by molar-refractivity contribution is 5.85. The number of carbonyl (C=O) groups is 1. The van der Waals surface area contributed by atoms with Crippen LogP contribution in [0.3, 0.4) is 0 Å². The number of hydrogen-bond acceptors (Lipinski definition) is 5. The molecular formula is C17H29ClN4O2. The number of nitrogens with zero attached hydrogens (tertiary/aromatic N) is 3. The zero-order chi connectivity index (χ0) is 16.1. The number of rotatable bonds is 8. The van der Waals surface area contributed by atoms with E-state index in [1.165, 1.54) is 12.8 Å². The van der Waals surface area contributed by atoms with Gasteiger partial charge in [-0.25, -0.2) is 0 Å². The van der Waals surface area contributed by atoms with E-state index in [0.29, 0.717) is 30.7 Å². The van der Waals surface area contributed by atoms with Crippen molar-refractivity contribution in [2.45, 2.75) is 70.3 Å². The van der Waals surface area contributed by atoms with E-state index in [1.807, 2.05) is 0 Å². The van der Waals surface area contributed by atoms with Crippen molar-refractivity contribution in [3.05, 3.63) is 11.7 Å². The van der Waals surface area contributed by atoms with Crippen molar-refractivity contribution in [3.8, 4) is 0 Å². The van der Waals surface area contributed by atoms with Crippen molar-refractivity contribution in [2.75, 3.05) is 19.6 Å². The molecule has 2 aliphatic rings. The Labute approximate surface area is 150 Å². The van der Waals surface area contributed by atoms with Crippen molar-refractivity contribution in [3.63, 3.8) is 0 Å². The second-order valence-electron chi connectivity index (χ2n) is 6.74. The van der Waals surface area contributed by atoms with Crippen LogP contribution in [0.2, 0.25) is 0 Å². The highest BCUT2D eigenvalue weighted by Gasteiger charge is 2.29. The van der Waals surface area contributed by atoms with E-state index in [-0.39, 0.29) is 18.3 Å². The molecule has 2 heterocycles. The van der Waals surface area contributed by atoms with Gasteiger partial charge in [-0.1, -0.05) is 12.1 Å². The van der Waals surface area contributed by atoms with Gasteiger partial charge in [0.05, 0.1) is 0 Å². The van der Waals surface area contributed by atoms with Crippen LogP contribution in [0.1, 0.15) is 69.5 Å². The van der Waals surface area contributed by atoms with Gasteiger partial charge in [-0.05, 0) is 51.6 Å². The minimum atomic E-state index is 0. The average molecular weight is 357 g/mol. The maximum Gasteiger partial charge on any atom is 0.226 e. The lowest BCUT2D eigenvalue weighted by atomic mass is 10.0. The highest BCUT2D eigenvalue weighted by Crippen LogP contribution is 2.38. The summed E-state index contributed by atoms with van der Waals surface area (Å²) in [5.74, 6) is 2.34. The molecule has 0 unspecified atom stereocenters. The molecule has 136 valence electrons. The van der Waals surface area contributed by atoms with Crippen molar-refractivity contribution >= 4 is 18.3 Å². The van der Waals surface area contributed by atoms with Crippen molar-refractivity contribution in [2.24, 2.45) is 0 Å². The Morgan fingerprint density at radius 3 is 2.71 bits per heavy atom. The van der Waals surface area contributed by atoms with Crippen molar-refractivity contribution in [1.29, 1.82) is 0 Å². The van der Waals surface area contributed by atoms with Gasteiger partial charge in [0, 0.05) is 31.3 Å². The average Bonchev–Trinajstić information content (AvgIpc) is 3.33. The molecule has 1 aliphatic carbocycles. The predicted molar refractivity (Wildman–Crippen MR) is 94.4 cm³/mol. The molecular weight excluding hydrogens is 328 g/mol. The molecule has 7 heteroatoms. The fourth-order valence-corrected chi connectivity index (χ4v) is 3.28. The summed E-state index contributed by atoms with van der Waals surface area (Å²) < 4.78 is 5.28. The molecule has 0 spiro atoms. The Balaban J connectivity index is 0.00000208. The molecule has 1 aromatic rings. The van der Waals surface area contributed by atoms with E-state index in [2.05, 4.69) is 27.3 Å². The Kier molecular flexibility index (Phi) is 7.49. The van der Waals surface area contributed by atoms with Gasteiger partial charge in [-0.2, -0.15) is 4.98 Å². The summed E-state index contributed by atoms with van der Waals surface area (Å²) in [4.78, 5) is 19.1. The van der Waals surface area contributed by atoms with Crippen LogP contribution in [0.4, 0.5) is 0 Å². The van der Waals surface area contributed by atoms with Crippen LogP contribution in [0.25, 0.3) is 0 Å². The number of amides is 1. The lowest BCUT2D eigenvalue weighted by Crippen LogP contribution is -2.46. The molecule has 3 rings (SSSR count). The molecule has 2 fully saturated rings. The Morgan fingerprint density at radius 2 is 2.04 bits per heavy atom. The van der Waals surface area contributed by atoms with Crippen LogP contribution in [0.5, 0.6) is 0 Å². The number of aromatic nitrogens is 2. The molecule has 1 saturated heterocycles. The Hall–Kier alpha value is -1.14. The summed E-state index contributed by atoms with van der Waals surface area (Å²) in [5.41, 5.74) is 0. The van der Waals surface area contributed by atoms with Gasteiger partial charge in [0.1, 0.15) is 0 Å². The standard InChI is InChI=1S/C17H28N4O2.ClH/c1-2-12-21(14-8-10-18-11-9-14)16(22)5-3-4-15-19-17(20-23-15)13-6-7-13;/h13-14,18H,2-12H2,1H3;1H. The van der Waals surface area contributed by atoms with Gasteiger partial charge in [0.2, 0.25) is 11.8 Å². The van der Waals surface area contributed by atoms with Crippen LogP contribution in [-0.2, 0) is 11.2 Å². The quantitative estimate of drug-likeness (QED) is 0.775. The van der Waals surface area contributed by atoms with Crippen LogP contribution >= 0.6 is 12.4 Å². The molecule has 0 atom stereocenters. The third-order valence-electron chi connectivity index (χ3n) is 4.74. The largest absolute Gasteiger partial charge is 0.340 e. The summed E-state index contributed by atoms with van der Waals surface area (Å²) in [7, 11) is 0. The number of piperidine rings is 1. The molecule has 0 aromatic carbocycles. The molecule has 0 bridgehead atoms. The van der Waals surface area contributed by atoms with Gasteiger partial charge in [0.25, 0.3) is 0 Å². The number of hydrogen-bond donors (Lipinski definition) is 1. The van der Waals surface area contributed by atoms with E-state index >= 15 is 0 Å². The second-order valence-corrected chi connectivity index (χ2v) is 6.74. The van der Waals surface area contributed by atoms with E-state index in [9.17, 15) is 4.79 Å². The second kappa shape index (κ2) is 9.37. The van der Waals surface area contributed by atoms with Gasteiger partial charge < -0.3 is 14.7 Å². The SMILES string of the molecule is CCCN(C(=O)CCCc1nc(C2CC2)no1)C1CCNCC1.Cl. The third-order valence-corrected chi connectivity index (χ3v) is 4.74. The Morgan fingerprint density at radius 1 is 1.29 bits per heavy atom. The molecule has 1 N–H and O–H groups in total. The minimum absolute atomic E-state index is 0. The monoisotopic (exact) mass is 356 g/mol. The fraction of sp³-hybridized carbons (Fsp3) is 0.824. The zero-order valence-corrected chi connectivity index (χ0v) is 15.3. The molecule has 6 nitrogen and oxygen atoms in total. The summed E-state index contributed by atoms with van der Waals surface area (Å²) in [6.45, 7) is 5.04. The molecule has 1 aromatic heterocycles. The molecule has 24 heavy (non-hydrogen) atoms. The molecule has 0 radical (unpaired) electrons.